The summed E-state index contributed by atoms with van der Waals surface area (Å²) in [6.45, 7) is 0.505. The lowest BCUT2D eigenvalue weighted by Gasteiger charge is -2.09. The van der Waals surface area contributed by atoms with Gasteiger partial charge in [0.2, 0.25) is 10.0 Å². The highest BCUT2D eigenvalue weighted by atomic mass is 35.5. The highest BCUT2D eigenvalue weighted by molar-refractivity contribution is 7.92. The number of amides is 1. The Kier molecular flexibility index (Phi) is 6.76. The molecule has 0 saturated heterocycles. The fourth-order valence-electron chi connectivity index (χ4n) is 2.82. The number of aromatic amines is 1. The molecule has 3 rings (SSSR count). The number of methoxy groups -OCH3 is 1. The average Bonchev–Trinajstić information content (AvgIpc) is 3.10. The number of benzene rings is 1. The molecule has 1 amide bonds. The number of hydrogen-bond acceptors (Lipinski definition) is 5. The predicted octanol–water partition coefficient (Wildman–Crippen LogP) is 3.42. The number of halogens is 1. The zero-order valence-electron chi connectivity index (χ0n) is 16.4. The second-order valence-corrected chi connectivity index (χ2v) is 8.92. The Morgan fingerprint density at radius 1 is 1.20 bits per heavy atom. The molecular formula is C20H21ClN4O4S. The third-order valence-electron chi connectivity index (χ3n) is 4.03. The van der Waals surface area contributed by atoms with Gasteiger partial charge in [0, 0.05) is 48.0 Å². The normalized spacial score (nSPS) is 11.3. The lowest BCUT2D eigenvalue weighted by molar-refractivity contribution is 0.102. The minimum Gasteiger partial charge on any atom is -0.380 e. The van der Waals surface area contributed by atoms with Gasteiger partial charge in [0.1, 0.15) is 0 Å². The predicted molar refractivity (Wildman–Crippen MR) is 116 cm³/mol. The molecular weight excluding hydrogens is 428 g/mol. The Morgan fingerprint density at radius 3 is 2.63 bits per heavy atom. The summed E-state index contributed by atoms with van der Waals surface area (Å²) in [6, 6.07) is 10.1. The van der Waals surface area contributed by atoms with Crippen LogP contribution < -0.4 is 10.0 Å². The number of nitrogens with one attached hydrogen (secondary N) is 3. The molecule has 0 atom stereocenters. The first-order chi connectivity index (χ1) is 14.2. The van der Waals surface area contributed by atoms with E-state index in [4.69, 9.17) is 16.3 Å². The van der Waals surface area contributed by atoms with Crippen molar-refractivity contribution in [1.29, 1.82) is 0 Å². The van der Waals surface area contributed by atoms with Crippen molar-refractivity contribution in [2.75, 3.05) is 23.4 Å². The van der Waals surface area contributed by atoms with E-state index in [1.165, 1.54) is 18.2 Å². The fourth-order valence-corrected chi connectivity index (χ4v) is 3.60. The molecule has 0 spiro atoms. The summed E-state index contributed by atoms with van der Waals surface area (Å²) in [5.74, 6) is -0.353. The standard InChI is InChI=1S/C20H21ClN4O4S/c1-29-12-13-3-4-16(22-10-13)8-17-5-14(11-23-17)20(26)24-18-6-15(21)7-19(9-18)25-30(2,27)28/h3-7,9-11,23,25H,8,12H2,1-2H3,(H,24,26). The van der Waals surface area contributed by atoms with E-state index in [2.05, 4.69) is 20.0 Å². The molecule has 2 heterocycles. The number of nitrogens with zero attached hydrogens (tertiary/aromatic N) is 1. The van der Waals surface area contributed by atoms with Crippen LogP contribution in [0.15, 0.2) is 48.8 Å². The van der Waals surface area contributed by atoms with Crippen LogP contribution in [-0.4, -0.2) is 37.7 Å². The van der Waals surface area contributed by atoms with E-state index in [9.17, 15) is 13.2 Å². The van der Waals surface area contributed by atoms with E-state index in [0.717, 1.165) is 23.2 Å². The quantitative estimate of drug-likeness (QED) is 0.488. The van der Waals surface area contributed by atoms with Crippen LogP contribution in [0.25, 0.3) is 0 Å². The minimum absolute atomic E-state index is 0.262. The van der Waals surface area contributed by atoms with Gasteiger partial charge in [-0.3, -0.25) is 14.5 Å². The SMILES string of the molecule is COCc1ccc(Cc2cc(C(=O)Nc3cc(Cl)cc(NS(C)(=O)=O)c3)c[nH]2)nc1. The Bertz CT molecular complexity index is 1140. The van der Waals surface area contributed by atoms with Crippen LogP contribution in [0, 0.1) is 0 Å². The monoisotopic (exact) mass is 448 g/mol. The zero-order valence-corrected chi connectivity index (χ0v) is 18.0. The van der Waals surface area contributed by atoms with Crippen LogP contribution in [0.3, 0.4) is 0 Å². The van der Waals surface area contributed by atoms with Gasteiger partial charge in [0.05, 0.1) is 24.1 Å². The van der Waals surface area contributed by atoms with E-state index in [1.54, 1.807) is 25.6 Å². The van der Waals surface area contributed by atoms with Crippen molar-refractivity contribution < 1.29 is 17.9 Å². The van der Waals surface area contributed by atoms with E-state index < -0.39 is 10.0 Å². The second-order valence-electron chi connectivity index (χ2n) is 6.74. The largest absolute Gasteiger partial charge is 0.380 e. The van der Waals surface area contributed by atoms with Gasteiger partial charge in [-0.05, 0) is 35.9 Å². The highest BCUT2D eigenvalue weighted by Gasteiger charge is 2.12. The van der Waals surface area contributed by atoms with Crippen molar-refractivity contribution >= 4 is 38.9 Å². The van der Waals surface area contributed by atoms with Gasteiger partial charge in [0.25, 0.3) is 5.91 Å². The van der Waals surface area contributed by atoms with E-state index >= 15 is 0 Å². The molecule has 30 heavy (non-hydrogen) atoms. The smallest absolute Gasteiger partial charge is 0.257 e. The molecule has 0 saturated carbocycles. The number of anilines is 2. The molecule has 158 valence electrons. The van der Waals surface area contributed by atoms with Crippen molar-refractivity contribution in [3.05, 3.63) is 76.3 Å². The number of carbonyl (C=O) groups is 1. The molecule has 0 aliphatic rings. The van der Waals surface area contributed by atoms with Gasteiger partial charge in [-0.25, -0.2) is 8.42 Å². The maximum atomic E-state index is 12.6. The van der Waals surface area contributed by atoms with Crippen molar-refractivity contribution in [2.24, 2.45) is 0 Å². The van der Waals surface area contributed by atoms with Gasteiger partial charge in [-0.2, -0.15) is 0 Å². The van der Waals surface area contributed by atoms with Gasteiger partial charge in [-0.15, -0.1) is 0 Å². The summed E-state index contributed by atoms with van der Waals surface area (Å²) in [7, 11) is -1.83. The Morgan fingerprint density at radius 2 is 1.97 bits per heavy atom. The summed E-state index contributed by atoms with van der Waals surface area (Å²) < 4.78 is 30.2. The van der Waals surface area contributed by atoms with Crippen LogP contribution >= 0.6 is 11.6 Å². The summed E-state index contributed by atoms with van der Waals surface area (Å²) in [6.07, 6.45) is 4.94. The number of pyridine rings is 1. The van der Waals surface area contributed by atoms with Crippen molar-refractivity contribution in [2.45, 2.75) is 13.0 Å². The highest BCUT2D eigenvalue weighted by Crippen LogP contribution is 2.24. The van der Waals surface area contributed by atoms with Crippen molar-refractivity contribution in [3.63, 3.8) is 0 Å². The van der Waals surface area contributed by atoms with Crippen LogP contribution in [-0.2, 0) is 27.8 Å². The topological polar surface area (TPSA) is 113 Å². The molecule has 0 radical (unpaired) electrons. The van der Waals surface area contributed by atoms with E-state index in [0.29, 0.717) is 24.3 Å². The molecule has 0 fully saturated rings. The number of sulfonamides is 1. The van der Waals surface area contributed by atoms with Crippen molar-refractivity contribution in [3.8, 4) is 0 Å². The molecule has 8 nitrogen and oxygen atoms in total. The molecule has 3 N–H and O–H groups in total. The lowest BCUT2D eigenvalue weighted by atomic mass is 10.2. The first-order valence-corrected chi connectivity index (χ1v) is 11.2. The van der Waals surface area contributed by atoms with E-state index in [-0.39, 0.29) is 16.6 Å². The molecule has 10 heteroatoms. The third-order valence-corrected chi connectivity index (χ3v) is 4.86. The third kappa shape index (κ3) is 6.31. The number of ether oxygens (including phenoxy) is 1. The number of rotatable bonds is 8. The van der Waals surface area contributed by atoms with Crippen molar-refractivity contribution in [1.82, 2.24) is 9.97 Å². The number of aromatic nitrogens is 2. The molecule has 3 aromatic rings. The first-order valence-electron chi connectivity index (χ1n) is 8.91. The molecule has 0 bridgehead atoms. The molecule has 0 aliphatic heterocycles. The zero-order chi connectivity index (χ0) is 21.7. The molecule has 2 aromatic heterocycles. The van der Waals surface area contributed by atoms with Crippen LogP contribution in [0.1, 0.15) is 27.3 Å². The summed E-state index contributed by atoms with van der Waals surface area (Å²) in [5.41, 5.74) is 3.74. The van der Waals surface area contributed by atoms with Gasteiger partial charge >= 0.3 is 0 Å². The molecule has 1 aromatic carbocycles. The first kappa shape index (κ1) is 21.8. The van der Waals surface area contributed by atoms with Crippen LogP contribution in [0.5, 0.6) is 0 Å². The summed E-state index contributed by atoms with van der Waals surface area (Å²) in [5, 5.41) is 3.00. The molecule has 0 unspecified atom stereocenters. The Balaban J connectivity index is 1.68. The maximum absolute atomic E-state index is 12.6. The Labute approximate surface area is 179 Å². The Hall–Kier alpha value is -2.88. The summed E-state index contributed by atoms with van der Waals surface area (Å²) in [4.78, 5) is 20.0. The fraction of sp³-hybridized carbons (Fsp3) is 0.200. The van der Waals surface area contributed by atoms with E-state index in [1.807, 2.05) is 12.1 Å². The van der Waals surface area contributed by atoms with Gasteiger partial charge in [0.15, 0.2) is 0 Å². The van der Waals surface area contributed by atoms with Gasteiger partial charge in [-0.1, -0.05) is 17.7 Å². The van der Waals surface area contributed by atoms with Crippen LogP contribution in [0.4, 0.5) is 11.4 Å². The number of hydrogen-bond donors (Lipinski definition) is 3. The lowest BCUT2D eigenvalue weighted by Crippen LogP contribution is -2.13. The second kappa shape index (κ2) is 9.29. The number of H-pyrrole nitrogens is 1. The van der Waals surface area contributed by atoms with Gasteiger partial charge < -0.3 is 15.0 Å². The van der Waals surface area contributed by atoms with Crippen LogP contribution in [0.2, 0.25) is 5.02 Å². The number of carbonyl (C=O) groups excluding carboxylic acids is 1. The summed E-state index contributed by atoms with van der Waals surface area (Å²) >= 11 is 6.03. The maximum Gasteiger partial charge on any atom is 0.257 e. The minimum atomic E-state index is -3.46. The average molecular weight is 449 g/mol. The molecule has 0 aliphatic carbocycles.